The number of hydrogen-bond acceptors (Lipinski definition) is 1. The molecule has 2 aliphatic rings. The molecule has 268 valence electrons. The molecule has 8 aromatic carbocycles. The molecule has 0 saturated carbocycles. The third-order valence-corrected chi connectivity index (χ3v) is 12.2. The highest BCUT2D eigenvalue weighted by Gasteiger charge is 2.44. The number of hydrogen-bond donors (Lipinski definition) is 0. The van der Waals surface area contributed by atoms with Crippen LogP contribution in [0.2, 0.25) is 0 Å². The van der Waals surface area contributed by atoms with Gasteiger partial charge in [-0.25, -0.2) is 0 Å². The van der Waals surface area contributed by atoms with E-state index in [1.807, 2.05) is 0 Å². The number of anilines is 3. The van der Waals surface area contributed by atoms with Crippen LogP contribution >= 0.6 is 0 Å². The summed E-state index contributed by atoms with van der Waals surface area (Å²) in [6.07, 6.45) is 9.25. The zero-order valence-corrected chi connectivity index (χ0v) is 31.8. The van der Waals surface area contributed by atoms with E-state index in [1.54, 1.807) is 0 Å². The lowest BCUT2D eigenvalue weighted by molar-refractivity contribution is 0.394. The molecule has 2 atom stereocenters. The van der Waals surface area contributed by atoms with Crippen molar-refractivity contribution in [2.45, 2.75) is 25.2 Å². The maximum Gasteiger partial charge on any atom is 0.0546 e. The van der Waals surface area contributed by atoms with Gasteiger partial charge < -0.3 is 4.90 Å². The highest BCUT2D eigenvalue weighted by Crippen LogP contribution is 2.54. The summed E-state index contributed by atoms with van der Waals surface area (Å²) in [5.41, 5.74) is 16.0. The average molecular weight is 718 g/mol. The molecule has 56 heavy (non-hydrogen) atoms. The Kier molecular flexibility index (Phi) is 8.37. The summed E-state index contributed by atoms with van der Waals surface area (Å²) in [6, 6.07) is 69.1. The molecule has 2 unspecified atom stereocenters. The van der Waals surface area contributed by atoms with Crippen LogP contribution in [0.1, 0.15) is 30.9 Å². The molecule has 0 aliphatic heterocycles. The van der Waals surface area contributed by atoms with Crippen molar-refractivity contribution in [2.24, 2.45) is 5.92 Å². The largest absolute Gasteiger partial charge is 0.310 e. The molecule has 10 rings (SSSR count). The maximum absolute atomic E-state index is 2.47. The number of nitrogens with zero attached hydrogens (tertiary/aromatic N) is 1. The van der Waals surface area contributed by atoms with E-state index in [1.165, 1.54) is 66.4 Å². The van der Waals surface area contributed by atoms with Gasteiger partial charge in [0, 0.05) is 22.9 Å². The second-order valence-corrected chi connectivity index (χ2v) is 15.7. The lowest BCUT2D eigenvalue weighted by Crippen LogP contribution is -2.24. The zero-order valence-electron chi connectivity index (χ0n) is 31.8. The van der Waals surface area contributed by atoms with Crippen molar-refractivity contribution < 1.29 is 0 Å². The fourth-order valence-corrected chi connectivity index (χ4v) is 9.38. The van der Waals surface area contributed by atoms with Crippen LogP contribution in [0, 0.1) is 5.92 Å². The predicted molar refractivity (Wildman–Crippen MR) is 238 cm³/mol. The summed E-state index contributed by atoms with van der Waals surface area (Å²) in [5.74, 6) is 0.872. The summed E-state index contributed by atoms with van der Waals surface area (Å²) < 4.78 is 0. The Morgan fingerprint density at radius 3 is 1.84 bits per heavy atom. The van der Waals surface area contributed by atoms with Crippen LogP contribution < -0.4 is 4.90 Å². The molecule has 0 fully saturated rings. The second-order valence-electron chi connectivity index (χ2n) is 15.7. The Balaban J connectivity index is 1.21. The van der Waals surface area contributed by atoms with E-state index in [9.17, 15) is 0 Å². The fraction of sp³-hybridized carbons (Fsp3) is 0.0909. The minimum atomic E-state index is 0.0880. The molecule has 0 amide bonds. The first kappa shape index (κ1) is 33.8. The number of fused-ring (bicyclic) bond motifs is 4. The zero-order chi connectivity index (χ0) is 37.6. The number of benzene rings is 8. The summed E-state index contributed by atoms with van der Waals surface area (Å²) in [4.78, 5) is 2.47. The molecule has 0 aromatic heterocycles. The van der Waals surface area contributed by atoms with Crippen LogP contribution in [0.3, 0.4) is 0 Å². The third-order valence-electron chi connectivity index (χ3n) is 12.2. The maximum atomic E-state index is 2.47. The van der Waals surface area contributed by atoms with E-state index >= 15 is 0 Å². The van der Waals surface area contributed by atoms with Crippen molar-refractivity contribution in [1.82, 2.24) is 0 Å². The molecule has 0 radical (unpaired) electrons. The van der Waals surface area contributed by atoms with Gasteiger partial charge in [-0.15, -0.1) is 0 Å². The van der Waals surface area contributed by atoms with Gasteiger partial charge in [-0.2, -0.15) is 0 Å². The van der Waals surface area contributed by atoms with Gasteiger partial charge in [0.1, 0.15) is 0 Å². The molecule has 0 heterocycles. The highest BCUT2D eigenvalue weighted by atomic mass is 15.1. The standard InChI is InChI=1S/C55H43N/c1-55(2)51-29-14-13-26-48(51)50-37-43(32-34-52(50)55)42-23-15-24-44(36-42)56(45-33-31-38-17-9-10-22-41(38)35-45)53-30-16-28-47(40-20-7-4-8-21-40)54(53)49-27-12-11-25-46(49)39-18-5-3-6-19-39/h3-37,48,51H,1-2H3. The second kappa shape index (κ2) is 13.9. The SMILES string of the molecule is CC1(C)c2ccc(-c3cccc(N(c4ccc5ccccc5c4)c4cccc(-c5ccccc5)c4-c4ccccc4-c4ccccc4)c3)cc2C2C=CC=CC21. The first-order valence-electron chi connectivity index (χ1n) is 19.8. The van der Waals surface area contributed by atoms with Crippen molar-refractivity contribution in [1.29, 1.82) is 0 Å². The minimum Gasteiger partial charge on any atom is -0.310 e. The van der Waals surface area contributed by atoms with Gasteiger partial charge in [-0.1, -0.05) is 196 Å². The lowest BCUT2D eigenvalue weighted by atomic mass is 9.74. The molecule has 0 N–H and O–H groups in total. The Labute approximate surface area is 330 Å². The molecule has 0 spiro atoms. The van der Waals surface area contributed by atoms with Crippen LogP contribution in [0.15, 0.2) is 212 Å². The van der Waals surface area contributed by atoms with Crippen molar-refractivity contribution in [3.8, 4) is 44.5 Å². The first-order valence-corrected chi connectivity index (χ1v) is 19.8. The summed E-state index contributed by atoms with van der Waals surface area (Å²) in [5, 5.41) is 2.44. The van der Waals surface area contributed by atoms with Crippen molar-refractivity contribution >= 4 is 27.8 Å². The van der Waals surface area contributed by atoms with E-state index in [2.05, 4.69) is 231 Å². The molecular weight excluding hydrogens is 675 g/mol. The van der Waals surface area contributed by atoms with Crippen molar-refractivity contribution in [2.75, 3.05) is 4.90 Å². The Hall–Kier alpha value is -6.70. The van der Waals surface area contributed by atoms with Crippen molar-refractivity contribution in [3.05, 3.63) is 223 Å². The predicted octanol–water partition coefficient (Wildman–Crippen LogP) is 15.1. The number of allylic oxidation sites excluding steroid dienone is 4. The van der Waals surface area contributed by atoms with Gasteiger partial charge in [0.2, 0.25) is 0 Å². The number of rotatable bonds is 7. The summed E-state index contributed by atoms with van der Waals surface area (Å²) >= 11 is 0. The van der Waals surface area contributed by atoms with Crippen LogP contribution in [0.5, 0.6) is 0 Å². The quantitative estimate of drug-likeness (QED) is 0.159. The fourth-order valence-electron chi connectivity index (χ4n) is 9.38. The topological polar surface area (TPSA) is 3.24 Å². The highest BCUT2D eigenvalue weighted by molar-refractivity contribution is 6.02. The van der Waals surface area contributed by atoms with Crippen LogP contribution in [-0.2, 0) is 5.41 Å². The summed E-state index contributed by atoms with van der Waals surface area (Å²) in [6.45, 7) is 4.80. The smallest absolute Gasteiger partial charge is 0.0546 e. The Bertz CT molecular complexity index is 2790. The minimum absolute atomic E-state index is 0.0880. The van der Waals surface area contributed by atoms with Crippen LogP contribution in [0.4, 0.5) is 17.1 Å². The third kappa shape index (κ3) is 5.79. The Morgan fingerprint density at radius 2 is 1.04 bits per heavy atom. The normalized spacial score (nSPS) is 16.4. The summed E-state index contributed by atoms with van der Waals surface area (Å²) in [7, 11) is 0. The first-order chi connectivity index (χ1) is 27.5. The molecule has 2 aliphatic carbocycles. The van der Waals surface area contributed by atoms with E-state index in [0.717, 1.165) is 17.1 Å². The molecule has 0 saturated heterocycles. The Morgan fingerprint density at radius 1 is 0.429 bits per heavy atom. The van der Waals surface area contributed by atoms with E-state index in [0.29, 0.717) is 11.8 Å². The van der Waals surface area contributed by atoms with Gasteiger partial charge in [0.15, 0.2) is 0 Å². The van der Waals surface area contributed by atoms with Crippen LogP contribution in [-0.4, -0.2) is 0 Å². The molecule has 1 nitrogen and oxygen atoms in total. The average Bonchev–Trinajstić information content (AvgIpc) is 3.49. The van der Waals surface area contributed by atoms with E-state index in [-0.39, 0.29) is 5.41 Å². The molecule has 0 bridgehead atoms. The molecule has 1 heteroatoms. The van der Waals surface area contributed by atoms with E-state index in [4.69, 9.17) is 0 Å². The van der Waals surface area contributed by atoms with Gasteiger partial charge in [-0.05, 0) is 103 Å². The van der Waals surface area contributed by atoms with E-state index < -0.39 is 0 Å². The van der Waals surface area contributed by atoms with Gasteiger partial charge in [0.05, 0.1) is 5.69 Å². The molecule has 8 aromatic rings. The monoisotopic (exact) mass is 717 g/mol. The van der Waals surface area contributed by atoms with Gasteiger partial charge in [0.25, 0.3) is 0 Å². The lowest BCUT2D eigenvalue weighted by Gasteiger charge is -2.30. The van der Waals surface area contributed by atoms with Crippen molar-refractivity contribution in [3.63, 3.8) is 0 Å². The molecular formula is C55H43N. The van der Waals surface area contributed by atoms with Gasteiger partial charge in [-0.3, -0.25) is 0 Å². The van der Waals surface area contributed by atoms with Crippen LogP contribution in [0.25, 0.3) is 55.3 Å². The van der Waals surface area contributed by atoms with Gasteiger partial charge >= 0.3 is 0 Å².